The molecule has 0 bridgehead atoms. The van der Waals surface area contributed by atoms with E-state index in [0.717, 1.165) is 43.0 Å². The number of amides is 3. The quantitative estimate of drug-likeness (QED) is 0.679. The van der Waals surface area contributed by atoms with Crippen molar-refractivity contribution in [3.8, 4) is 5.69 Å². The average molecular weight is 403 g/mol. The van der Waals surface area contributed by atoms with Gasteiger partial charge in [-0.3, -0.25) is 4.79 Å². The predicted octanol–water partition coefficient (Wildman–Crippen LogP) is 4.37. The number of nitrogens with zero attached hydrogens (tertiary/aromatic N) is 3. The molecule has 3 aromatic rings. The van der Waals surface area contributed by atoms with Crippen LogP contribution in [0.1, 0.15) is 34.6 Å². The molecule has 0 atom stereocenters. The van der Waals surface area contributed by atoms with E-state index in [1.807, 2.05) is 48.9 Å². The van der Waals surface area contributed by atoms with Crippen molar-refractivity contribution in [2.45, 2.75) is 26.7 Å². The van der Waals surface area contributed by atoms with Gasteiger partial charge in [0.1, 0.15) is 0 Å². The highest BCUT2D eigenvalue weighted by atomic mass is 16.2. The van der Waals surface area contributed by atoms with Crippen LogP contribution in [0.4, 0.5) is 16.2 Å². The van der Waals surface area contributed by atoms with Crippen LogP contribution in [0.3, 0.4) is 0 Å². The van der Waals surface area contributed by atoms with E-state index >= 15 is 0 Å². The first-order valence-corrected chi connectivity index (χ1v) is 10.1. The lowest BCUT2D eigenvalue weighted by molar-refractivity contribution is 0.102. The van der Waals surface area contributed by atoms with Gasteiger partial charge in [-0.25, -0.2) is 9.48 Å². The number of urea groups is 1. The minimum absolute atomic E-state index is 0.136. The summed E-state index contributed by atoms with van der Waals surface area (Å²) in [7, 11) is 0. The number of aromatic nitrogens is 2. The second-order valence-corrected chi connectivity index (χ2v) is 7.51. The minimum atomic E-state index is -0.238. The summed E-state index contributed by atoms with van der Waals surface area (Å²) < 4.78 is 1.85. The van der Waals surface area contributed by atoms with Crippen molar-refractivity contribution >= 4 is 23.3 Å². The molecule has 3 amide bonds. The van der Waals surface area contributed by atoms with Crippen molar-refractivity contribution in [1.82, 2.24) is 14.7 Å². The van der Waals surface area contributed by atoms with Gasteiger partial charge in [-0.2, -0.15) is 5.10 Å². The van der Waals surface area contributed by atoms with Crippen molar-refractivity contribution < 1.29 is 9.59 Å². The molecule has 0 aliphatic carbocycles. The number of hydrogen-bond donors (Lipinski definition) is 2. The predicted molar refractivity (Wildman–Crippen MR) is 117 cm³/mol. The van der Waals surface area contributed by atoms with Crippen molar-refractivity contribution in [1.29, 1.82) is 0 Å². The number of nitrogens with one attached hydrogen (secondary N) is 2. The Morgan fingerprint density at radius 1 is 0.900 bits per heavy atom. The third-order valence-corrected chi connectivity index (χ3v) is 5.19. The molecule has 1 aromatic heterocycles. The summed E-state index contributed by atoms with van der Waals surface area (Å²) >= 11 is 0. The van der Waals surface area contributed by atoms with E-state index in [2.05, 4.69) is 15.7 Å². The van der Waals surface area contributed by atoms with Crippen LogP contribution in [0.15, 0.2) is 54.6 Å². The maximum atomic E-state index is 12.8. The van der Waals surface area contributed by atoms with Gasteiger partial charge in [0.25, 0.3) is 5.91 Å². The molecule has 7 nitrogen and oxygen atoms in total. The lowest BCUT2D eigenvalue weighted by Gasteiger charge is -2.18. The van der Waals surface area contributed by atoms with Gasteiger partial charge in [0.15, 0.2) is 0 Å². The lowest BCUT2D eigenvalue weighted by atomic mass is 10.1. The Morgan fingerprint density at radius 2 is 1.53 bits per heavy atom. The largest absolute Gasteiger partial charge is 0.325 e. The summed E-state index contributed by atoms with van der Waals surface area (Å²) in [6.45, 7) is 5.48. The first kappa shape index (κ1) is 19.7. The van der Waals surface area contributed by atoms with E-state index in [-0.39, 0.29) is 11.9 Å². The third-order valence-electron chi connectivity index (χ3n) is 5.19. The summed E-state index contributed by atoms with van der Waals surface area (Å²) in [4.78, 5) is 27.0. The monoisotopic (exact) mass is 403 g/mol. The van der Waals surface area contributed by atoms with E-state index in [1.54, 1.807) is 29.2 Å². The molecule has 4 rings (SSSR count). The molecular weight excluding hydrogens is 378 g/mol. The normalized spacial score (nSPS) is 13.3. The molecule has 0 unspecified atom stereocenters. The molecule has 2 N–H and O–H groups in total. The molecule has 0 radical (unpaired) electrons. The van der Waals surface area contributed by atoms with Crippen molar-refractivity contribution in [2.75, 3.05) is 23.7 Å². The number of hydrogen-bond acceptors (Lipinski definition) is 3. The van der Waals surface area contributed by atoms with Gasteiger partial charge in [0.05, 0.1) is 22.8 Å². The summed E-state index contributed by atoms with van der Waals surface area (Å²) in [5.74, 6) is -0.238. The zero-order valence-corrected chi connectivity index (χ0v) is 17.2. The number of aryl methyl sites for hydroxylation is 2. The Balaban J connectivity index is 1.47. The molecule has 2 aromatic carbocycles. The summed E-state index contributed by atoms with van der Waals surface area (Å²) in [5, 5.41) is 10.3. The van der Waals surface area contributed by atoms with E-state index < -0.39 is 0 Å². The van der Waals surface area contributed by atoms with Crippen LogP contribution in [0, 0.1) is 13.8 Å². The van der Waals surface area contributed by atoms with Gasteiger partial charge in [-0.15, -0.1) is 0 Å². The SMILES string of the molecule is Cc1cc(C)n(-c2ccc(C(=O)Nc3ccccc3NC(=O)N3CCCC3)cc2)n1. The summed E-state index contributed by atoms with van der Waals surface area (Å²) in [6, 6.07) is 16.4. The fraction of sp³-hybridized carbons (Fsp3) is 0.261. The van der Waals surface area contributed by atoms with Gasteiger partial charge in [-0.05, 0) is 69.2 Å². The Kier molecular flexibility index (Phi) is 5.52. The van der Waals surface area contributed by atoms with E-state index in [1.165, 1.54) is 0 Å². The molecule has 1 saturated heterocycles. The number of carbonyl (C=O) groups is 2. The van der Waals surface area contributed by atoms with Crippen molar-refractivity contribution in [3.05, 3.63) is 71.5 Å². The highest BCUT2D eigenvalue weighted by Crippen LogP contribution is 2.23. The molecule has 1 fully saturated rings. The van der Waals surface area contributed by atoms with Crippen LogP contribution in [0.25, 0.3) is 5.69 Å². The number of carbonyl (C=O) groups excluding carboxylic acids is 2. The molecule has 1 aliphatic rings. The topological polar surface area (TPSA) is 79.3 Å². The lowest BCUT2D eigenvalue weighted by Crippen LogP contribution is -2.32. The Bertz CT molecular complexity index is 1070. The van der Waals surface area contributed by atoms with Crippen molar-refractivity contribution in [2.24, 2.45) is 0 Å². The van der Waals surface area contributed by atoms with Crippen LogP contribution >= 0.6 is 0 Å². The van der Waals surface area contributed by atoms with Crippen LogP contribution in [0.2, 0.25) is 0 Å². The van der Waals surface area contributed by atoms with Gasteiger partial charge in [0.2, 0.25) is 0 Å². The fourth-order valence-corrected chi connectivity index (χ4v) is 3.65. The van der Waals surface area contributed by atoms with E-state index in [9.17, 15) is 9.59 Å². The molecule has 154 valence electrons. The van der Waals surface area contributed by atoms with Gasteiger partial charge in [-0.1, -0.05) is 12.1 Å². The Hall–Kier alpha value is -3.61. The van der Waals surface area contributed by atoms with Crippen molar-refractivity contribution in [3.63, 3.8) is 0 Å². The number of anilines is 2. The summed E-state index contributed by atoms with van der Waals surface area (Å²) in [5.41, 5.74) is 4.56. The maximum absolute atomic E-state index is 12.8. The zero-order chi connectivity index (χ0) is 21.1. The molecule has 30 heavy (non-hydrogen) atoms. The molecule has 0 spiro atoms. The van der Waals surface area contributed by atoms with Crippen LogP contribution in [0.5, 0.6) is 0 Å². The van der Waals surface area contributed by atoms with Gasteiger partial charge in [0, 0.05) is 24.3 Å². The van der Waals surface area contributed by atoms with E-state index in [4.69, 9.17) is 0 Å². The Morgan fingerprint density at radius 3 is 2.13 bits per heavy atom. The first-order valence-electron chi connectivity index (χ1n) is 10.1. The highest BCUT2D eigenvalue weighted by molar-refractivity contribution is 6.07. The molecular formula is C23H25N5O2. The molecule has 2 heterocycles. The standard InChI is InChI=1S/C23H25N5O2/c1-16-15-17(2)28(26-16)19-11-9-18(10-12-19)22(29)24-20-7-3-4-8-21(20)25-23(30)27-13-5-6-14-27/h3-4,7-12,15H,5-6,13-14H2,1-2H3,(H,24,29)(H,25,30). The number of para-hydroxylation sites is 2. The second kappa shape index (κ2) is 8.41. The third kappa shape index (κ3) is 4.20. The smallest absolute Gasteiger partial charge is 0.321 e. The second-order valence-electron chi connectivity index (χ2n) is 7.51. The zero-order valence-electron chi connectivity index (χ0n) is 17.2. The minimum Gasteiger partial charge on any atom is -0.325 e. The van der Waals surface area contributed by atoms with Crippen LogP contribution in [-0.2, 0) is 0 Å². The molecule has 0 saturated carbocycles. The molecule has 7 heteroatoms. The van der Waals surface area contributed by atoms with Crippen LogP contribution in [-0.4, -0.2) is 39.7 Å². The fourth-order valence-electron chi connectivity index (χ4n) is 3.65. The molecule has 1 aliphatic heterocycles. The van der Waals surface area contributed by atoms with Gasteiger partial charge < -0.3 is 15.5 Å². The first-order chi connectivity index (χ1) is 14.5. The number of likely N-dealkylation sites (tertiary alicyclic amines) is 1. The average Bonchev–Trinajstić information content (AvgIpc) is 3.39. The number of rotatable bonds is 4. The van der Waals surface area contributed by atoms with E-state index in [0.29, 0.717) is 16.9 Å². The maximum Gasteiger partial charge on any atom is 0.321 e. The highest BCUT2D eigenvalue weighted by Gasteiger charge is 2.19. The van der Waals surface area contributed by atoms with Gasteiger partial charge >= 0.3 is 6.03 Å². The Labute approximate surface area is 175 Å². The van der Waals surface area contributed by atoms with Crippen LogP contribution < -0.4 is 10.6 Å². The summed E-state index contributed by atoms with van der Waals surface area (Å²) in [6.07, 6.45) is 2.05. The number of benzene rings is 2.